The fourth-order valence-corrected chi connectivity index (χ4v) is 4.80. The molecule has 3 atom stereocenters. The third kappa shape index (κ3) is 4.36. The summed E-state index contributed by atoms with van der Waals surface area (Å²) in [6.07, 6.45) is 5.20. The van der Waals surface area contributed by atoms with Crippen LogP contribution in [0.25, 0.3) is 0 Å². The highest BCUT2D eigenvalue weighted by Crippen LogP contribution is 2.57. The van der Waals surface area contributed by atoms with Gasteiger partial charge in [-0.05, 0) is 62.4 Å². The van der Waals surface area contributed by atoms with Crippen molar-refractivity contribution < 1.29 is 9.84 Å². The molecule has 0 aliphatic heterocycles. The van der Waals surface area contributed by atoms with Gasteiger partial charge in [-0.15, -0.1) is 24.0 Å². The summed E-state index contributed by atoms with van der Waals surface area (Å²) in [5.41, 5.74) is 0.277. The number of hydrogen-bond donors (Lipinski definition) is 3. The Balaban J connectivity index is 0.00000243. The second kappa shape index (κ2) is 9.21. The Kier molecular flexibility index (Phi) is 7.76. The van der Waals surface area contributed by atoms with Crippen LogP contribution in [-0.4, -0.2) is 42.9 Å². The van der Waals surface area contributed by atoms with Crippen LogP contribution < -0.4 is 10.6 Å². The predicted molar refractivity (Wildman–Crippen MR) is 119 cm³/mol. The number of nitrogens with one attached hydrogen (secondary N) is 2. The zero-order valence-electron chi connectivity index (χ0n) is 16.0. The quantitative estimate of drug-likeness (QED) is 0.309. The van der Waals surface area contributed by atoms with Gasteiger partial charge in [0.1, 0.15) is 5.60 Å². The average Bonchev–Trinajstić information content (AvgIpc) is 3.05. The van der Waals surface area contributed by atoms with E-state index in [0.29, 0.717) is 24.1 Å². The van der Waals surface area contributed by atoms with Crippen LogP contribution in [0.15, 0.2) is 21.8 Å². The summed E-state index contributed by atoms with van der Waals surface area (Å²) in [7, 11) is 0. The van der Waals surface area contributed by atoms with E-state index >= 15 is 0 Å². The SMILES string of the molecule is CCNC(=NCC(C)(O)c1ccsc1)NC1CC(OCC)C12CCC2.I. The number of nitrogens with zero attached hydrogens (tertiary/aromatic N) is 1. The molecule has 5 nitrogen and oxygen atoms in total. The molecule has 7 heteroatoms. The van der Waals surface area contributed by atoms with Gasteiger partial charge in [0.05, 0.1) is 12.6 Å². The van der Waals surface area contributed by atoms with Crippen LogP contribution in [0.5, 0.6) is 0 Å². The molecular formula is C19H32IN3O2S. The van der Waals surface area contributed by atoms with Crippen molar-refractivity contribution in [1.82, 2.24) is 10.6 Å². The zero-order chi connectivity index (χ0) is 17.9. The normalized spacial score (nSPS) is 26.2. The minimum Gasteiger partial charge on any atom is -0.383 e. The van der Waals surface area contributed by atoms with Crippen molar-refractivity contribution in [3.8, 4) is 0 Å². The van der Waals surface area contributed by atoms with Gasteiger partial charge in [-0.1, -0.05) is 6.42 Å². The lowest BCUT2D eigenvalue weighted by Crippen LogP contribution is -2.68. The van der Waals surface area contributed by atoms with Gasteiger partial charge in [0.15, 0.2) is 5.96 Å². The Hall–Kier alpha value is -0.380. The number of halogens is 1. The first kappa shape index (κ1) is 21.9. The Morgan fingerprint density at radius 2 is 2.23 bits per heavy atom. The van der Waals surface area contributed by atoms with Crippen molar-refractivity contribution in [2.45, 2.75) is 64.2 Å². The first-order valence-electron chi connectivity index (χ1n) is 9.43. The van der Waals surface area contributed by atoms with Crippen LogP contribution in [0.2, 0.25) is 0 Å². The molecule has 2 saturated carbocycles. The molecule has 0 bridgehead atoms. The van der Waals surface area contributed by atoms with Crippen molar-refractivity contribution in [2.75, 3.05) is 19.7 Å². The van der Waals surface area contributed by atoms with Crippen molar-refractivity contribution in [2.24, 2.45) is 10.4 Å². The van der Waals surface area contributed by atoms with Crippen LogP contribution >= 0.6 is 35.3 Å². The summed E-state index contributed by atoms with van der Waals surface area (Å²) < 4.78 is 5.93. The molecule has 2 aliphatic carbocycles. The lowest BCUT2D eigenvalue weighted by molar-refractivity contribution is -0.168. The van der Waals surface area contributed by atoms with Crippen LogP contribution in [0.3, 0.4) is 0 Å². The largest absolute Gasteiger partial charge is 0.383 e. The van der Waals surface area contributed by atoms with Crippen molar-refractivity contribution in [3.63, 3.8) is 0 Å². The van der Waals surface area contributed by atoms with E-state index in [9.17, 15) is 5.11 Å². The summed E-state index contributed by atoms with van der Waals surface area (Å²) >= 11 is 1.60. The fraction of sp³-hybridized carbons (Fsp3) is 0.737. The van der Waals surface area contributed by atoms with Crippen LogP contribution in [0.1, 0.15) is 52.0 Å². The fourth-order valence-electron chi connectivity index (χ4n) is 4.02. The van der Waals surface area contributed by atoms with E-state index in [2.05, 4.69) is 29.5 Å². The van der Waals surface area contributed by atoms with Gasteiger partial charge >= 0.3 is 0 Å². The van der Waals surface area contributed by atoms with E-state index < -0.39 is 5.60 Å². The minimum absolute atomic E-state index is 0. The topological polar surface area (TPSA) is 65.9 Å². The monoisotopic (exact) mass is 493 g/mol. The van der Waals surface area contributed by atoms with Gasteiger partial charge < -0.3 is 20.5 Å². The van der Waals surface area contributed by atoms with Gasteiger partial charge in [0, 0.05) is 24.6 Å². The summed E-state index contributed by atoms with van der Waals surface area (Å²) in [4.78, 5) is 4.67. The minimum atomic E-state index is -0.940. The zero-order valence-corrected chi connectivity index (χ0v) is 19.1. The van der Waals surface area contributed by atoms with E-state index in [1.165, 1.54) is 19.3 Å². The van der Waals surface area contributed by atoms with E-state index in [-0.39, 0.29) is 24.0 Å². The molecule has 0 radical (unpaired) electrons. The smallest absolute Gasteiger partial charge is 0.191 e. The maximum absolute atomic E-state index is 10.7. The number of hydrogen-bond acceptors (Lipinski definition) is 4. The molecule has 0 aromatic carbocycles. The van der Waals surface area contributed by atoms with Gasteiger partial charge in [-0.2, -0.15) is 11.3 Å². The van der Waals surface area contributed by atoms with E-state index in [0.717, 1.165) is 31.1 Å². The number of ether oxygens (including phenoxy) is 1. The van der Waals surface area contributed by atoms with Gasteiger partial charge in [-0.25, -0.2) is 4.99 Å². The molecule has 148 valence electrons. The molecule has 1 aromatic rings. The number of aliphatic imine (C=N–C) groups is 1. The first-order chi connectivity index (χ1) is 12.0. The number of guanidine groups is 1. The Labute approximate surface area is 178 Å². The van der Waals surface area contributed by atoms with Gasteiger partial charge in [-0.3, -0.25) is 0 Å². The summed E-state index contributed by atoms with van der Waals surface area (Å²) in [6.45, 7) is 7.90. The lowest BCUT2D eigenvalue weighted by Gasteiger charge is -2.61. The van der Waals surface area contributed by atoms with Crippen molar-refractivity contribution in [1.29, 1.82) is 0 Å². The molecule has 3 unspecified atom stereocenters. The van der Waals surface area contributed by atoms with Crippen molar-refractivity contribution in [3.05, 3.63) is 22.4 Å². The average molecular weight is 493 g/mol. The third-order valence-electron chi connectivity index (χ3n) is 5.78. The maximum Gasteiger partial charge on any atom is 0.191 e. The second-order valence-corrected chi connectivity index (χ2v) is 8.22. The summed E-state index contributed by atoms with van der Waals surface area (Å²) in [6, 6.07) is 2.38. The van der Waals surface area contributed by atoms with Crippen molar-refractivity contribution >= 4 is 41.3 Å². The molecule has 2 aliphatic rings. The standard InChI is InChI=1S/C19H31N3O2S.HI/c1-4-20-17(21-13-18(3,23)14-7-10-25-12-14)22-15-11-16(24-5-2)19(15)8-6-9-19;/h7,10,12,15-16,23H,4-6,8-9,11,13H2,1-3H3,(H2,20,21,22);1H. The number of aliphatic hydroxyl groups is 1. The van der Waals surface area contributed by atoms with Crippen LogP contribution in [0, 0.1) is 5.41 Å². The summed E-state index contributed by atoms with van der Waals surface area (Å²) in [5.74, 6) is 0.796. The highest BCUT2D eigenvalue weighted by molar-refractivity contribution is 14.0. The van der Waals surface area contributed by atoms with Gasteiger partial charge in [0.25, 0.3) is 0 Å². The molecule has 1 heterocycles. The molecule has 26 heavy (non-hydrogen) atoms. The lowest BCUT2D eigenvalue weighted by atomic mass is 9.51. The molecule has 0 saturated heterocycles. The molecule has 0 amide bonds. The molecule has 1 spiro atoms. The molecule has 1 aromatic heterocycles. The Bertz CT molecular complexity index is 588. The Morgan fingerprint density at radius 3 is 2.77 bits per heavy atom. The van der Waals surface area contributed by atoms with Crippen LogP contribution in [-0.2, 0) is 10.3 Å². The van der Waals surface area contributed by atoms with E-state index in [1.54, 1.807) is 11.3 Å². The number of rotatable bonds is 7. The number of thiophene rings is 1. The van der Waals surface area contributed by atoms with E-state index in [1.807, 2.05) is 23.8 Å². The highest BCUT2D eigenvalue weighted by atomic mass is 127. The van der Waals surface area contributed by atoms with E-state index in [4.69, 9.17) is 4.74 Å². The third-order valence-corrected chi connectivity index (χ3v) is 6.46. The van der Waals surface area contributed by atoms with Gasteiger partial charge in [0.2, 0.25) is 0 Å². The van der Waals surface area contributed by atoms with Crippen LogP contribution in [0.4, 0.5) is 0 Å². The molecule has 3 N–H and O–H groups in total. The first-order valence-corrected chi connectivity index (χ1v) is 10.4. The molecule has 2 fully saturated rings. The molecule has 3 rings (SSSR count). The Morgan fingerprint density at radius 1 is 1.46 bits per heavy atom. The summed E-state index contributed by atoms with van der Waals surface area (Å²) in [5, 5.41) is 21.6. The highest BCUT2D eigenvalue weighted by Gasteiger charge is 2.59. The second-order valence-electron chi connectivity index (χ2n) is 7.44. The molecular weight excluding hydrogens is 461 g/mol. The maximum atomic E-state index is 10.7. The predicted octanol–water partition coefficient (Wildman–Crippen LogP) is 3.48.